The Morgan fingerprint density at radius 2 is 2.22 bits per heavy atom. The summed E-state index contributed by atoms with van der Waals surface area (Å²) in [5.74, 6) is -1.01. The molecule has 6 heteroatoms. The summed E-state index contributed by atoms with van der Waals surface area (Å²) in [6.45, 7) is 3.63. The minimum atomic E-state index is -1.01. The molecule has 0 aliphatic heterocycles. The zero-order valence-electron chi connectivity index (χ0n) is 10.7. The smallest absolute Gasteiger partial charge is 0.326 e. The predicted octanol–water partition coefficient (Wildman–Crippen LogP) is 2.31. The number of carbonyl (C=O) groups excluding carboxylic acids is 1. The molecule has 1 rings (SSSR count). The number of hydrogen-bond acceptors (Lipinski definition) is 3. The van der Waals surface area contributed by atoms with Crippen molar-refractivity contribution in [3.05, 3.63) is 22.4 Å². The summed E-state index contributed by atoms with van der Waals surface area (Å²) in [5, 5.41) is 13.3. The molecule has 1 heterocycles. The van der Waals surface area contributed by atoms with E-state index in [0.29, 0.717) is 6.42 Å². The zero-order valence-corrected chi connectivity index (χ0v) is 11.5. The summed E-state index contributed by atoms with van der Waals surface area (Å²) < 4.78 is 0. The average molecular weight is 270 g/mol. The Morgan fingerprint density at radius 3 is 2.67 bits per heavy atom. The van der Waals surface area contributed by atoms with Crippen molar-refractivity contribution in [2.24, 2.45) is 0 Å². The molecule has 1 aromatic rings. The molecule has 1 unspecified atom stereocenters. The number of aliphatic carboxylic acids is 1. The van der Waals surface area contributed by atoms with E-state index in [0.717, 1.165) is 4.88 Å². The molecule has 2 amide bonds. The first-order chi connectivity index (χ1) is 8.47. The van der Waals surface area contributed by atoms with Crippen LogP contribution in [0.4, 0.5) is 4.79 Å². The van der Waals surface area contributed by atoms with E-state index in [1.807, 2.05) is 24.4 Å². The van der Waals surface area contributed by atoms with E-state index in [2.05, 4.69) is 5.32 Å². The molecule has 0 aliphatic carbocycles. The van der Waals surface area contributed by atoms with Crippen LogP contribution in [-0.2, 0) is 4.79 Å². The molecule has 2 atom stereocenters. The maximum absolute atomic E-state index is 11.9. The number of rotatable bonds is 5. The second-order valence-corrected chi connectivity index (χ2v) is 5.03. The molecule has 0 saturated heterocycles. The molecule has 0 fully saturated rings. The molecule has 5 nitrogen and oxygen atoms in total. The van der Waals surface area contributed by atoms with Gasteiger partial charge < -0.3 is 15.3 Å². The van der Waals surface area contributed by atoms with Crippen LogP contribution in [0.25, 0.3) is 0 Å². The van der Waals surface area contributed by atoms with Gasteiger partial charge >= 0.3 is 12.0 Å². The van der Waals surface area contributed by atoms with Crippen LogP contribution in [0.5, 0.6) is 0 Å². The van der Waals surface area contributed by atoms with E-state index in [1.54, 1.807) is 25.3 Å². The Morgan fingerprint density at radius 1 is 1.56 bits per heavy atom. The highest BCUT2D eigenvalue weighted by Gasteiger charge is 2.23. The van der Waals surface area contributed by atoms with Crippen LogP contribution >= 0.6 is 11.3 Å². The molecule has 1 aromatic heterocycles. The molecule has 0 saturated carbocycles. The number of hydrogen-bond donors (Lipinski definition) is 2. The first-order valence-corrected chi connectivity index (χ1v) is 6.64. The average Bonchev–Trinajstić information content (AvgIpc) is 2.86. The molecule has 18 heavy (non-hydrogen) atoms. The van der Waals surface area contributed by atoms with Gasteiger partial charge in [0.15, 0.2) is 0 Å². The number of nitrogens with zero attached hydrogens (tertiary/aromatic N) is 1. The van der Waals surface area contributed by atoms with E-state index < -0.39 is 12.0 Å². The molecule has 0 bridgehead atoms. The Labute approximate surface area is 110 Å². The number of amides is 2. The van der Waals surface area contributed by atoms with Gasteiger partial charge in [0.2, 0.25) is 0 Å². The van der Waals surface area contributed by atoms with Crippen LogP contribution in [0.15, 0.2) is 17.5 Å². The van der Waals surface area contributed by atoms with Crippen LogP contribution in [0, 0.1) is 0 Å². The van der Waals surface area contributed by atoms with Gasteiger partial charge in [-0.25, -0.2) is 9.59 Å². The minimum Gasteiger partial charge on any atom is -0.480 e. The number of urea groups is 1. The van der Waals surface area contributed by atoms with E-state index in [4.69, 9.17) is 5.11 Å². The van der Waals surface area contributed by atoms with Gasteiger partial charge in [-0.1, -0.05) is 13.0 Å². The first kappa shape index (κ1) is 14.5. The minimum absolute atomic E-state index is 0.0729. The lowest BCUT2D eigenvalue weighted by atomic mass is 10.2. The molecule has 100 valence electrons. The van der Waals surface area contributed by atoms with E-state index in [1.165, 1.54) is 4.90 Å². The number of carboxylic acid groups (broad SMARTS) is 1. The van der Waals surface area contributed by atoms with Gasteiger partial charge in [0.05, 0.1) is 6.04 Å². The van der Waals surface area contributed by atoms with Gasteiger partial charge in [-0.05, 0) is 24.8 Å². The third kappa shape index (κ3) is 3.46. The van der Waals surface area contributed by atoms with Gasteiger partial charge in [0.25, 0.3) is 0 Å². The molecule has 2 N–H and O–H groups in total. The fourth-order valence-corrected chi connectivity index (χ4v) is 2.31. The van der Waals surface area contributed by atoms with Gasteiger partial charge in [-0.2, -0.15) is 0 Å². The summed E-state index contributed by atoms with van der Waals surface area (Å²) >= 11 is 1.57. The lowest BCUT2D eigenvalue weighted by Crippen LogP contribution is -2.46. The van der Waals surface area contributed by atoms with Crippen LogP contribution < -0.4 is 5.32 Å². The Hall–Kier alpha value is -1.56. The maximum atomic E-state index is 11.9. The van der Waals surface area contributed by atoms with Crippen molar-refractivity contribution in [3.8, 4) is 0 Å². The van der Waals surface area contributed by atoms with Crippen LogP contribution in [0.1, 0.15) is 31.2 Å². The summed E-state index contributed by atoms with van der Waals surface area (Å²) in [5.41, 5.74) is 0. The summed E-state index contributed by atoms with van der Waals surface area (Å²) in [6.07, 6.45) is 0.363. The third-order valence-corrected chi connectivity index (χ3v) is 3.90. The summed E-state index contributed by atoms with van der Waals surface area (Å²) in [6, 6.07) is 2.60. The zero-order chi connectivity index (χ0) is 13.7. The Kier molecular flexibility index (Phi) is 5.15. The van der Waals surface area contributed by atoms with Crippen molar-refractivity contribution in [1.29, 1.82) is 0 Å². The van der Waals surface area contributed by atoms with Crippen molar-refractivity contribution in [2.75, 3.05) is 7.05 Å². The molecular formula is C12H18N2O3S. The lowest BCUT2D eigenvalue weighted by Gasteiger charge is -2.26. The van der Waals surface area contributed by atoms with E-state index in [-0.39, 0.29) is 12.1 Å². The van der Waals surface area contributed by atoms with E-state index in [9.17, 15) is 9.59 Å². The first-order valence-electron chi connectivity index (χ1n) is 5.76. The number of carbonyl (C=O) groups is 2. The van der Waals surface area contributed by atoms with Crippen molar-refractivity contribution in [1.82, 2.24) is 10.2 Å². The number of thiophene rings is 1. The number of nitrogens with one attached hydrogen (secondary N) is 1. The largest absolute Gasteiger partial charge is 0.480 e. The summed E-state index contributed by atoms with van der Waals surface area (Å²) in [4.78, 5) is 25.3. The SMILES string of the molecule is CC[C@@H](NC(=O)N(C)C(C)c1cccs1)C(=O)O. The highest BCUT2D eigenvalue weighted by Crippen LogP contribution is 2.23. The van der Waals surface area contributed by atoms with Crippen molar-refractivity contribution in [3.63, 3.8) is 0 Å². The normalized spacial score (nSPS) is 13.7. The second kappa shape index (κ2) is 6.39. The molecule has 0 radical (unpaired) electrons. The monoisotopic (exact) mass is 270 g/mol. The second-order valence-electron chi connectivity index (χ2n) is 4.05. The molecule has 0 aliphatic rings. The molecule has 0 aromatic carbocycles. The fraction of sp³-hybridized carbons (Fsp3) is 0.500. The summed E-state index contributed by atoms with van der Waals surface area (Å²) in [7, 11) is 1.66. The van der Waals surface area contributed by atoms with Gasteiger partial charge in [-0.15, -0.1) is 11.3 Å². The van der Waals surface area contributed by atoms with Crippen molar-refractivity contribution >= 4 is 23.3 Å². The Bertz CT molecular complexity index is 405. The van der Waals surface area contributed by atoms with Crippen molar-refractivity contribution < 1.29 is 14.7 Å². The Balaban J connectivity index is 2.64. The van der Waals surface area contributed by atoms with Gasteiger partial charge in [0, 0.05) is 11.9 Å². The number of carboxylic acids is 1. The van der Waals surface area contributed by atoms with E-state index >= 15 is 0 Å². The standard InChI is InChI=1S/C12H18N2O3S/c1-4-9(11(15)16)13-12(17)14(3)8(2)10-6-5-7-18-10/h5-9H,4H2,1-3H3,(H,13,17)(H,15,16)/t8?,9-/m1/s1. The van der Waals surface area contributed by atoms with Crippen LogP contribution in [0.3, 0.4) is 0 Å². The highest BCUT2D eigenvalue weighted by atomic mass is 32.1. The third-order valence-electron chi connectivity index (χ3n) is 2.86. The molecule has 0 spiro atoms. The van der Waals surface area contributed by atoms with Crippen molar-refractivity contribution in [2.45, 2.75) is 32.4 Å². The quantitative estimate of drug-likeness (QED) is 0.862. The maximum Gasteiger partial charge on any atom is 0.326 e. The van der Waals surface area contributed by atoms with Crippen LogP contribution in [-0.4, -0.2) is 35.1 Å². The fourth-order valence-electron chi connectivity index (χ4n) is 1.49. The van der Waals surface area contributed by atoms with Gasteiger partial charge in [-0.3, -0.25) is 0 Å². The van der Waals surface area contributed by atoms with Gasteiger partial charge in [0.1, 0.15) is 6.04 Å². The van der Waals surface area contributed by atoms with Crippen LogP contribution in [0.2, 0.25) is 0 Å². The predicted molar refractivity (Wildman–Crippen MR) is 70.7 cm³/mol. The molecular weight excluding hydrogens is 252 g/mol. The highest BCUT2D eigenvalue weighted by molar-refractivity contribution is 7.10. The lowest BCUT2D eigenvalue weighted by molar-refractivity contribution is -0.139. The topological polar surface area (TPSA) is 69.6 Å².